The average Bonchev–Trinajstić information content (AvgIpc) is 2.66. The molecule has 0 aromatic carbocycles. The van der Waals surface area contributed by atoms with Crippen molar-refractivity contribution in [1.82, 2.24) is 0 Å². The molecule has 0 fully saturated rings. The van der Waals surface area contributed by atoms with Gasteiger partial charge in [-0.3, -0.25) is 0 Å². The van der Waals surface area contributed by atoms with E-state index in [9.17, 15) is 4.55 Å². The fourth-order valence-corrected chi connectivity index (χ4v) is 9.76. The second-order valence-electron chi connectivity index (χ2n) is 10.1. The Hall–Kier alpha value is 1.11. The van der Waals surface area contributed by atoms with Crippen molar-refractivity contribution in [3.63, 3.8) is 0 Å². The zero-order valence-electron chi connectivity index (χ0n) is 20.7. The number of hydrogen-bond donors (Lipinski definition) is 1. The molecule has 0 rings (SSSR count). The zero-order chi connectivity index (χ0) is 20.6. The van der Waals surface area contributed by atoms with Crippen molar-refractivity contribution in [2.45, 2.75) is 130 Å². The van der Waals surface area contributed by atoms with Crippen molar-refractivity contribution in [1.29, 1.82) is 0 Å². The number of unbranched alkanes of at least 4 members (excludes halogenated alkanes) is 13. The van der Waals surface area contributed by atoms with Crippen LogP contribution in [0.4, 0.5) is 0 Å². The van der Waals surface area contributed by atoms with E-state index in [-0.39, 0.29) is 23.9 Å². The van der Waals surface area contributed by atoms with Gasteiger partial charge in [0.25, 0.3) is 0 Å². The Kier molecular flexibility index (Phi) is 17.7. The first kappa shape index (κ1) is 31.3. The van der Waals surface area contributed by atoms with E-state index >= 15 is 0 Å². The Labute approximate surface area is 196 Å². The van der Waals surface area contributed by atoms with Crippen LogP contribution in [-0.4, -0.2) is 57.7 Å². The Balaban J connectivity index is 0. The standard InChI is InChI=1S/C25H56OS.Sn.2H/c1-6-10-13-16-18-21-24-27(5,26,9-4,23-20-15-12-8-3)25-22-19-17-14-11-7-2;;;/h26H,6-25H2,1-5H3;;;. The van der Waals surface area contributed by atoms with Crippen LogP contribution in [0.5, 0.6) is 0 Å². The first-order chi connectivity index (χ1) is 12.8. The van der Waals surface area contributed by atoms with Gasteiger partial charge >= 0.3 is 23.9 Å². The van der Waals surface area contributed by atoms with Crippen molar-refractivity contribution >= 4 is 32.5 Å². The molecule has 0 saturated carbocycles. The Bertz CT molecular complexity index is 348. The van der Waals surface area contributed by atoms with Crippen LogP contribution in [0, 0.1) is 0 Å². The van der Waals surface area contributed by atoms with Crippen molar-refractivity contribution in [3.05, 3.63) is 0 Å². The fraction of sp³-hybridized carbons (Fsp3) is 1.00. The number of rotatable bonds is 20. The molecule has 0 aromatic rings. The van der Waals surface area contributed by atoms with Crippen molar-refractivity contribution in [2.24, 2.45) is 0 Å². The zero-order valence-corrected chi connectivity index (χ0v) is 25.6. The molecule has 1 N–H and O–H groups in total. The molecule has 3 heteroatoms. The molecule has 0 unspecified atom stereocenters. The molecule has 0 bridgehead atoms. The van der Waals surface area contributed by atoms with Crippen LogP contribution < -0.4 is 0 Å². The van der Waals surface area contributed by atoms with E-state index in [0.29, 0.717) is 0 Å². The summed E-state index contributed by atoms with van der Waals surface area (Å²) in [5.41, 5.74) is 0. The summed E-state index contributed by atoms with van der Waals surface area (Å²) in [4.78, 5) is 0. The third kappa shape index (κ3) is 13.4. The summed E-state index contributed by atoms with van der Waals surface area (Å²) in [6.45, 7) is 9.16. The molecule has 28 heavy (non-hydrogen) atoms. The monoisotopic (exact) mass is 526 g/mol. The summed E-state index contributed by atoms with van der Waals surface area (Å²) < 4.78 is 12.5. The third-order valence-electron chi connectivity index (χ3n) is 7.21. The van der Waals surface area contributed by atoms with Crippen LogP contribution in [0.2, 0.25) is 0 Å². The Morgan fingerprint density at radius 2 is 0.714 bits per heavy atom. The molecule has 0 atom stereocenters. The Morgan fingerprint density at radius 3 is 1.00 bits per heavy atom. The molecule has 174 valence electrons. The van der Waals surface area contributed by atoms with Gasteiger partial charge < -0.3 is 4.55 Å². The molecular weight excluding hydrogens is 467 g/mol. The van der Waals surface area contributed by atoms with Gasteiger partial charge in [-0.2, -0.15) is 0 Å². The van der Waals surface area contributed by atoms with E-state index in [1.165, 1.54) is 103 Å². The average molecular weight is 526 g/mol. The van der Waals surface area contributed by atoms with Crippen LogP contribution in [0.15, 0.2) is 0 Å². The van der Waals surface area contributed by atoms with Crippen LogP contribution in [0.25, 0.3) is 0 Å². The predicted molar refractivity (Wildman–Crippen MR) is 141 cm³/mol. The summed E-state index contributed by atoms with van der Waals surface area (Å²) in [5.74, 6) is 4.36. The van der Waals surface area contributed by atoms with Crippen LogP contribution in [0.3, 0.4) is 0 Å². The number of hydrogen-bond acceptors (Lipinski definition) is 1. The molecule has 0 aromatic heterocycles. The molecule has 0 amide bonds. The van der Waals surface area contributed by atoms with E-state index in [4.69, 9.17) is 0 Å². The molecule has 0 aliphatic carbocycles. The Morgan fingerprint density at radius 1 is 0.464 bits per heavy atom. The van der Waals surface area contributed by atoms with E-state index < -0.39 is 8.58 Å². The minimum atomic E-state index is -2.90. The fourth-order valence-electron chi connectivity index (χ4n) is 4.58. The summed E-state index contributed by atoms with van der Waals surface area (Å²) in [6, 6.07) is 0. The molecule has 0 saturated heterocycles. The SMILES string of the molecule is CCCCCCCCS(C)(O)(CC)(CCCCCC)CCCCCCCC.[SnH2]. The summed E-state index contributed by atoms with van der Waals surface area (Å²) in [5, 5.41) is 0. The van der Waals surface area contributed by atoms with Crippen molar-refractivity contribution in [3.8, 4) is 0 Å². The van der Waals surface area contributed by atoms with Crippen molar-refractivity contribution in [2.75, 3.05) is 29.3 Å². The van der Waals surface area contributed by atoms with Gasteiger partial charge in [0, 0.05) is 0 Å². The maximum atomic E-state index is 12.5. The summed E-state index contributed by atoms with van der Waals surface area (Å²) >= 11 is 0. The van der Waals surface area contributed by atoms with Crippen LogP contribution in [-0.2, 0) is 0 Å². The van der Waals surface area contributed by atoms with Crippen LogP contribution >= 0.6 is 8.58 Å². The van der Waals surface area contributed by atoms with Gasteiger partial charge in [0.2, 0.25) is 0 Å². The van der Waals surface area contributed by atoms with Gasteiger partial charge in [-0.1, -0.05) is 111 Å². The molecule has 0 aliphatic heterocycles. The summed E-state index contributed by atoms with van der Waals surface area (Å²) in [6.07, 6.45) is 23.5. The molecule has 1 nitrogen and oxygen atoms in total. The quantitative estimate of drug-likeness (QED) is 0.125. The van der Waals surface area contributed by atoms with E-state index in [2.05, 4.69) is 34.0 Å². The molecule has 0 spiro atoms. The molecular formula is C25H58OSSn. The van der Waals surface area contributed by atoms with Gasteiger partial charge in [0.15, 0.2) is 0 Å². The predicted octanol–water partition coefficient (Wildman–Crippen LogP) is 8.37. The third-order valence-corrected chi connectivity index (χ3v) is 14.5. The van der Waals surface area contributed by atoms with Crippen LogP contribution in [0.1, 0.15) is 130 Å². The topological polar surface area (TPSA) is 20.2 Å². The molecule has 2 radical (unpaired) electrons. The second-order valence-corrected chi connectivity index (χ2v) is 18.0. The van der Waals surface area contributed by atoms with Gasteiger partial charge in [-0.25, -0.2) is 8.58 Å². The van der Waals surface area contributed by atoms with E-state index in [1.54, 1.807) is 0 Å². The van der Waals surface area contributed by atoms with Gasteiger partial charge in [-0.05, 0) is 48.5 Å². The maximum absolute atomic E-state index is 12.5. The molecule has 0 aliphatic rings. The van der Waals surface area contributed by atoms with Gasteiger partial charge in [0.1, 0.15) is 0 Å². The van der Waals surface area contributed by atoms with Crippen molar-refractivity contribution < 1.29 is 4.55 Å². The first-order valence-electron chi connectivity index (χ1n) is 12.6. The summed E-state index contributed by atoms with van der Waals surface area (Å²) in [7, 11) is -2.90. The van der Waals surface area contributed by atoms with E-state index in [0.717, 1.165) is 23.0 Å². The first-order valence-corrected chi connectivity index (χ1v) is 16.1. The van der Waals surface area contributed by atoms with Gasteiger partial charge in [0.05, 0.1) is 0 Å². The normalized spacial score (nSPS) is 14.4. The minimum absolute atomic E-state index is 0. The second kappa shape index (κ2) is 15.8. The molecule has 0 heterocycles. The van der Waals surface area contributed by atoms with Gasteiger partial charge in [-0.15, -0.1) is 0 Å². The van der Waals surface area contributed by atoms with E-state index in [1.807, 2.05) is 0 Å².